The van der Waals surface area contributed by atoms with E-state index in [1.54, 1.807) is 30.3 Å². The minimum atomic E-state index is -0.525. The monoisotopic (exact) mass is 338 g/mol. The molecule has 2 aromatic carbocycles. The van der Waals surface area contributed by atoms with Crippen LogP contribution in [0.2, 0.25) is 0 Å². The summed E-state index contributed by atoms with van der Waals surface area (Å²) in [7, 11) is 0. The Kier molecular flexibility index (Phi) is 3.85. The molecular weight excluding hydrogens is 323 g/mol. The van der Waals surface area contributed by atoms with Crippen molar-refractivity contribution >= 4 is 22.6 Å². The van der Waals surface area contributed by atoms with E-state index in [2.05, 4.69) is 15.2 Å². The van der Waals surface area contributed by atoms with Crippen LogP contribution in [-0.4, -0.2) is 39.3 Å². The van der Waals surface area contributed by atoms with E-state index in [0.717, 1.165) is 0 Å². The molecule has 7 heteroatoms. The van der Waals surface area contributed by atoms with E-state index in [9.17, 15) is 14.3 Å². The molecule has 1 aliphatic heterocycles. The molecule has 1 aromatic heterocycles. The molecule has 0 fully saturated rings. The summed E-state index contributed by atoms with van der Waals surface area (Å²) in [5, 5.41) is 17.4. The molecule has 0 saturated carbocycles. The number of nitrogens with zero attached hydrogens (tertiary/aromatic N) is 4. The Bertz CT molecular complexity index is 963. The number of aliphatic hydroxyl groups is 1. The molecule has 0 spiro atoms. The Morgan fingerprint density at radius 3 is 2.76 bits per heavy atom. The molecular formula is C18H15FN4O2. The Balaban J connectivity index is 1.78. The number of carbonyl (C=O) groups excluding carboxylic acids is 1. The van der Waals surface area contributed by atoms with Crippen molar-refractivity contribution in [3.05, 3.63) is 59.7 Å². The zero-order chi connectivity index (χ0) is 17.4. The highest BCUT2D eigenvalue weighted by atomic mass is 19.1. The fraction of sp³-hybridized carbons (Fsp3) is 0.222. The van der Waals surface area contributed by atoms with Gasteiger partial charge in [0, 0.05) is 19.1 Å². The second-order valence-corrected chi connectivity index (χ2v) is 6.04. The van der Waals surface area contributed by atoms with Gasteiger partial charge in [-0.15, -0.1) is 10.2 Å². The van der Waals surface area contributed by atoms with Crippen molar-refractivity contribution in [2.24, 2.45) is 5.92 Å². The molecule has 4 rings (SSSR count). The van der Waals surface area contributed by atoms with Gasteiger partial charge in [-0.2, -0.15) is 0 Å². The van der Waals surface area contributed by atoms with Crippen LogP contribution in [0.5, 0.6) is 0 Å². The third kappa shape index (κ3) is 2.72. The van der Waals surface area contributed by atoms with Crippen LogP contribution in [0, 0.1) is 11.7 Å². The first-order valence-electron chi connectivity index (χ1n) is 7.97. The first-order chi connectivity index (χ1) is 12.2. The summed E-state index contributed by atoms with van der Waals surface area (Å²) in [5.41, 5.74) is 2.05. The first-order valence-corrected chi connectivity index (χ1v) is 7.97. The molecule has 0 bridgehead atoms. The van der Waals surface area contributed by atoms with Crippen LogP contribution in [0.15, 0.2) is 42.5 Å². The minimum absolute atomic E-state index is 0.0867. The summed E-state index contributed by atoms with van der Waals surface area (Å²) in [5.74, 6) is -1.25. The van der Waals surface area contributed by atoms with Crippen molar-refractivity contribution in [1.29, 1.82) is 0 Å². The summed E-state index contributed by atoms with van der Waals surface area (Å²) in [4.78, 5) is 18.5. The van der Waals surface area contributed by atoms with Crippen LogP contribution in [0.3, 0.4) is 0 Å². The second-order valence-electron chi connectivity index (χ2n) is 6.04. The number of halogens is 1. The zero-order valence-electron chi connectivity index (χ0n) is 13.3. The van der Waals surface area contributed by atoms with Gasteiger partial charge in [0.05, 0.1) is 11.2 Å². The van der Waals surface area contributed by atoms with Gasteiger partial charge in [-0.1, -0.05) is 24.3 Å². The number of rotatable bonds is 2. The zero-order valence-corrected chi connectivity index (χ0v) is 13.3. The molecule has 1 unspecified atom stereocenters. The average molecular weight is 338 g/mol. The van der Waals surface area contributed by atoms with Gasteiger partial charge in [0.1, 0.15) is 11.3 Å². The van der Waals surface area contributed by atoms with Crippen molar-refractivity contribution in [2.75, 3.05) is 18.1 Å². The molecule has 0 aliphatic carbocycles. The molecule has 25 heavy (non-hydrogen) atoms. The van der Waals surface area contributed by atoms with Crippen LogP contribution in [0.1, 0.15) is 16.2 Å². The molecule has 0 saturated heterocycles. The Labute approximate surface area is 142 Å². The van der Waals surface area contributed by atoms with Gasteiger partial charge >= 0.3 is 0 Å². The summed E-state index contributed by atoms with van der Waals surface area (Å²) in [6, 6.07) is 11.8. The van der Waals surface area contributed by atoms with Gasteiger partial charge < -0.3 is 10.0 Å². The van der Waals surface area contributed by atoms with Crippen molar-refractivity contribution in [3.63, 3.8) is 0 Å². The minimum Gasteiger partial charge on any atom is -0.396 e. The van der Waals surface area contributed by atoms with Crippen LogP contribution in [0.4, 0.5) is 10.1 Å². The van der Waals surface area contributed by atoms with Crippen LogP contribution in [0.25, 0.3) is 11.0 Å². The third-order valence-corrected chi connectivity index (χ3v) is 4.34. The van der Waals surface area contributed by atoms with E-state index in [-0.39, 0.29) is 30.6 Å². The summed E-state index contributed by atoms with van der Waals surface area (Å²) in [6.45, 7) is 0.121. The third-order valence-electron chi connectivity index (χ3n) is 4.34. The van der Waals surface area contributed by atoms with Gasteiger partial charge in [-0.25, -0.2) is 9.37 Å². The predicted octanol–water partition coefficient (Wildman–Crippen LogP) is 1.98. The molecule has 2 heterocycles. The molecule has 6 nitrogen and oxygen atoms in total. The fourth-order valence-corrected chi connectivity index (χ4v) is 3.15. The number of para-hydroxylation sites is 2. The lowest BCUT2D eigenvalue weighted by Crippen LogP contribution is -2.42. The van der Waals surface area contributed by atoms with E-state index in [0.29, 0.717) is 23.0 Å². The average Bonchev–Trinajstić information content (AvgIpc) is 2.66. The second kappa shape index (κ2) is 6.18. The van der Waals surface area contributed by atoms with Gasteiger partial charge in [0.2, 0.25) is 5.82 Å². The highest BCUT2D eigenvalue weighted by Crippen LogP contribution is 2.32. The van der Waals surface area contributed by atoms with E-state index >= 15 is 0 Å². The van der Waals surface area contributed by atoms with Crippen molar-refractivity contribution in [1.82, 2.24) is 15.2 Å². The Morgan fingerprint density at radius 2 is 1.96 bits per heavy atom. The quantitative estimate of drug-likeness (QED) is 0.773. The number of fused-ring (bicyclic) bond motifs is 2. The number of hydrogen-bond donors (Lipinski definition) is 1. The van der Waals surface area contributed by atoms with E-state index in [4.69, 9.17) is 0 Å². The van der Waals surface area contributed by atoms with E-state index in [1.807, 2.05) is 6.07 Å². The van der Waals surface area contributed by atoms with Gasteiger partial charge in [-0.05, 0) is 30.2 Å². The van der Waals surface area contributed by atoms with E-state index < -0.39 is 11.7 Å². The van der Waals surface area contributed by atoms with Crippen LogP contribution in [-0.2, 0) is 6.42 Å². The number of hydrogen-bond acceptors (Lipinski definition) is 5. The SMILES string of the molecule is O=C(c1nnc2ccccc2n1)N1CC(CO)Cc2cccc(F)c21. The lowest BCUT2D eigenvalue weighted by molar-refractivity contribution is 0.0962. The largest absolute Gasteiger partial charge is 0.396 e. The van der Waals surface area contributed by atoms with Crippen molar-refractivity contribution < 1.29 is 14.3 Å². The maximum absolute atomic E-state index is 14.4. The Hall–Kier alpha value is -2.93. The number of anilines is 1. The van der Waals surface area contributed by atoms with Crippen LogP contribution >= 0.6 is 0 Å². The van der Waals surface area contributed by atoms with Gasteiger partial charge in [-0.3, -0.25) is 4.79 Å². The van der Waals surface area contributed by atoms with Crippen LogP contribution < -0.4 is 4.90 Å². The summed E-state index contributed by atoms with van der Waals surface area (Å²) >= 11 is 0. The Morgan fingerprint density at radius 1 is 1.16 bits per heavy atom. The summed E-state index contributed by atoms with van der Waals surface area (Å²) < 4.78 is 14.4. The highest BCUT2D eigenvalue weighted by Gasteiger charge is 2.32. The number of aromatic nitrogens is 3. The normalized spacial score (nSPS) is 16.7. The molecule has 3 aromatic rings. The lowest BCUT2D eigenvalue weighted by Gasteiger charge is -2.33. The van der Waals surface area contributed by atoms with E-state index in [1.165, 1.54) is 11.0 Å². The highest BCUT2D eigenvalue weighted by molar-refractivity contribution is 6.05. The van der Waals surface area contributed by atoms with Crippen molar-refractivity contribution in [2.45, 2.75) is 6.42 Å². The maximum Gasteiger partial charge on any atom is 0.298 e. The topological polar surface area (TPSA) is 79.2 Å². The molecule has 1 atom stereocenters. The molecule has 1 N–H and O–H groups in total. The summed E-state index contributed by atoms with van der Waals surface area (Å²) in [6.07, 6.45) is 0.518. The molecule has 0 radical (unpaired) electrons. The fourth-order valence-electron chi connectivity index (χ4n) is 3.15. The standard InChI is InChI=1S/C18H15FN4O2/c19-13-5-3-4-12-8-11(10-24)9-23(16(12)13)18(25)17-20-14-6-1-2-7-15(14)21-22-17/h1-7,11,24H,8-10H2. The maximum atomic E-state index is 14.4. The molecule has 1 aliphatic rings. The smallest absolute Gasteiger partial charge is 0.298 e. The predicted molar refractivity (Wildman–Crippen MR) is 89.7 cm³/mol. The van der Waals surface area contributed by atoms with Gasteiger partial charge in [0.15, 0.2) is 0 Å². The van der Waals surface area contributed by atoms with Gasteiger partial charge in [0.25, 0.3) is 5.91 Å². The molecule has 1 amide bonds. The number of amides is 1. The lowest BCUT2D eigenvalue weighted by atomic mass is 9.92. The number of carbonyl (C=O) groups is 1. The first kappa shape index (κ1) is 15.6. The number of benzene rings is 2. The number of aliphatic hydroxyl groups excluding tert-OH is 1. The molecule has 126 valence electrons. The van der Waals surface area contributed by atoms with Crippen molar-refractivity contribution in [3.8, 4) is 0 Å².